The van der Waals surface area contributed by atoms with E-state index in [1.807, 2.05) is 0 Å². The second-order valence-electron chi connectivity index (χ2n) is 7.63. The third-order valence-corrected chi connectivity index (χ3v) is 5.42. The zero-order chi connectivity index (χ0) is 22.2. The number of aromatic nitrogens is 2. The van der Waals surface area contributed by atoms with Crippen molar-refractivity contribution in [2.24, 2.45) is 0 Å². The van der Waals surface area contributed by atoms with Gasteiger partial charge >= 0.3 is 6.03 Å². The molecule has 2 aliphatic rings. The Morgan fingerprint density at radius 1 is 1.35 bits per heavy atom. The van der Waals surface area contributed by atoms with Crippen LogP contribution in [0.1, 0.15) is 23.8 Å². The Morgan fingerprint density at radius 3 is 2.84 bits per heavy atom. The third-order valence-electron chi connectivity index (χ3n) is 5.42. The maximum Gasteiger partial charge on any atom is 0.327 e. The molecule has 164 valence electrons. The van der Waals surface area contributed by atoms with Gasteiger partial charge in [0.05, 0.1) is 30.2 Å². The lowest BCUT2D eigenvalue weighted by atomic mass is 10.1. The molecule has 4 rings (SSSR count). The Labute approximate surface area is 177 Å². The highest BCUT2D eigenvalue weighted by Gasteiger charge is 2.41. The van der Waals surface area contributed by atoms with E-state index in [1.165, 1.54) is 17.2 Å². The fourth-order valence-electron chi connectivity index (χ4n) is 3.78. The molecule has 3 N–H and O–H groups in total. The predicted octanol–water partition coefficient (Wildman–Crippen LogP) is 1.85. The van der Waals surface area contributed by atoms with Crippen LogP contribution in [0.25, 0.3) is 0 Å². The summed E-state index contributed by atoms with van der Waals surface area (Å²) in [7, 11) is 0. The molecule has 2 aromatic rings. The predicted molar refractivity (Wildman–Crippen MR) is 110 cm³/mol. The summed E-state index contributed by atoms with van der Waals surface area (Å²) in [4.78, 5) is 37.5. The van der Waals surface area contributed by atoms with Gasteiger partial charge < -0.3 is 20.6 Å². The van der Waals surface area contributed by atoms with Crippen molar-refractivity contribution in [2.75, 3.05) is 34.8 Å². The minimum atomic E-state index is -3.31. The Hall–Kier alpha value is -3.34. The monoisotopic (exact) mass is 432 g/mol. The summed E-state index contributed by atoms with van der Waals surface area (Å²) >= 11 is 0. The molecular weight excluding hydrogens is 410 g/mol. The van der Waals surface area contributed by atoms with Gasteiger partial charge in [-0.05, 0) is 30.7 Å². The van der Waals surface area contributed by atoms with Gasteiger partial charge in [0, 0.05) is 26.2 Å². The number of carbonyl (C=O) groups is 2. The smallest absolute Gasteiger partial charge is 0.327 e. The standard InChI is InChI=1S/C20H22F2N6O3/c1-20(21,22)16(11-29)26-18(30)14-4-5-15-17(25-14)28(13-6-8-27(15)10-13)19(31)24-12-3-2-7-23-9-12/h2-5,7,9,13,16,29H,6,8,10-11H2,1H3,(H,24,31)(H,26,30)/t13-,16-/m0/s1. The highest BCUT2D eigenvalue weighted by Crippen LogP contribution is 2.39. The maximum atomic E-state index is 13.6. The van der Waals surface area contributed by atoms with Crippen LogP contribution in [0.2, 0.25) is 0 Å². The summed E-state index contributed by atoms with van der Waals surface area (Å²) in [6.45, 7) is 1.06. The van der Waals surface area contributed by atoms with Gasteiger partial charge in [-0.15, -0.1) is 0 Å². The molecule has 0 radical (unpaired) electrons. The van der Waals surface area contributed by atoms with Crippen LogP contribution >= 0.6 is 0 Å². The van der Waals surface area contributed by atoms with Crippen LogP contribution in [-0.4, -0.2) is 64.7 Å². The number of hydrogen-bond donors (Lipinski definition) is 3. The summed E-state index contributed by atoms with van der Waals surface area (Å²) < 4.78 is 27.1. The van der Waals surface area contributed by atoms with Crippen molar-refractivity contribution in [3.05, 3.63) is 42.4 Å². The van der Waals surface area contributed by atoms with Crippen molar-refractivity contribution in [3.63, 3.8) is 0 Å². The number of aliphatic hydroxyl groups excluding tert-OH is 1. The molecule has 2 aliphatic heterocycles. The van der Waals surface area contributed by atoms with E-state index in [4.69, 9.17) is 0 Å². The molecule has 9 nitrogen and oxygen atoms in total. The molecule has 11 heteroatoms. The number of urea groups is 1. The van der Waals surface area contributed by atoms with E-state index in [9.17, 15) is 23.5 Å². The first-order chi connectivity index (χ1) is 14.8. The van der Waals surface area contributed by atoms with E-state index in [-0.39, 0.29) is 17.6 Å². The number of pyridine rings is 2. The molecule has 0 aromatic carbocycles. The van der Waals surface area contributed by atoms with E-state index in [2.05, 4.69) is 25.5 Å². The quantitative estimate of drug-likeness (QED) is 0.665. The van der Waals surface area contributed by atoms with Crippen molar-refractivity contribution in [3.8, 4) is 0 Å². The van der Waals surface area contributed by atoms with Crippen LogP contribution in [0.15, 0.2) is 36.7 Å². The number of fused-ring (bicyclic) bond motifs is 4. The second kappa shape index (κ2) is 8.06. The number of nitrogens with one attached hydrogen (secondary N) is 2. The van der Waals surface area contributed by atoms with Gasteiger partial charge in [0.25, 0.3) is 11.8 Å². The average Bonchev–Trinajstić information content (AvgIpc) is 3.15. The van der Waals surface area contributed by atoms with Gasteiger partial charge in [0.2, 0.25) is 0 Å². The molecule has 2 atom stereocenters. The van der Waals surface area contributed by atoms with Gasteiger partial charge in [-0.2, -0.15) is 0 Å². The molecule has 2 aromatic heterocycles. The van der Waals surface area contributed by atoms with Gasteiger partial charge in [0.15, 0.2) is 5.82 Å². The maximum absolute atomic E-state index is 13.6. The van der Waals surface area contributed by atoms with Crippen LogP contribution in [0.4, 0.5) is 30.8 Å². The fourth-order valence-corrected chi connectivity index (χ4v) is 3.78. The summed E-state index contributed by atoms with van der Waals surface area (Å²) in [6.07, 6.45) is 3.83. The molecule has 1 saturated heterocycles. The second-order valence-corrected chi connectivity index (χ2v) is 7.63. The molecule has 1 fully saturated rings. The molecule has 0 unspecified atom stereocenters. The SMILES string of the molecule is CC(F)(F)[C@H](CO)NC(=O)c1ccc2c(n1)N(C(=O)Nc1cccnc1)[C@H]1CCN2C1. The number of rotatable bonds is 5. The van der Waals surface area contributed by atoms with Crippen LogP contribution in [0.3, 0.4) is 0 Å². The van der Waals surface area contributed by atoms with Crippen molar-refractivity contribution >= 4 is 29.1 Å². The number of nitrogens with zero attached hydrogens (tertiary/aromatic N) is 4. The number of aliphatic hydroxyl groups is 1. The number of hydrogen-bond acceptors (Lipinski definition) is 6. The van der Waals surface area contributed by atoms with Crippen LogP contribution < -0.4 is 20.4 Å². The van der Waals surface area contributed by atoms with Crippen molar-refractivity contribution < 1.29 is 23.5 Å². The first kappa shape index (κ1) is 20.9. The van der Waals surface area contributed by atoms with E-state index in [1.54, 1.807) is 24.4 Å². The molecule has 4 heterocycles. The highest BCUT2D eigenvalue weighted by atomic mass is 19.3. The van der Waals surface area contributed by atoms with Crippen LogP contribution in [0, 0.1) is 0 Å². The largest absolute Gasteiger partial charge is 0.394 e. The zero-order valence-corrected chi connectivity index (χ0v) is 16.8. The van der Waals surface area contributed by atoms with E-state index < -0.39 is 30.5 Å². The Bertz CT molecular complexity index is 985. The highest BCUT2D eigenvalue weighted by molar-refractivity contribution is 6.05. The first-order valence-electron chi connectivity index (χ1n) is 9.83. The summed E-state index contributed by atoms with van der Waals surface area (Å²) in [5, 5.41) is 14.1. The Morgan fingerprint density at radius 2 is 2.16 bits per heavy atom. The molecule has 2 bridgehead atoms. The number of alkyl halides is 2. The number of halogens is 2. The molecule has 3 amide bonds. The fraction of sp³-hybridized carbons (Fsp3) is 0.400. The number of carbonyl (C=O) groups excluding carboxylic acids is 2. The number of anilines is 3. The third kappa shape index (κ3) is 4.13. The van der Waals surface area contributed by atoms with E-state index in [0.29, 0.717) is 24.8 Å². The molecule has 0 spiro atoms. The summed E-state index contributed by atoms with van der Waals surface area (Å²) in [6, 6.07) is 4.17. The zero-order valence-electron chi connectivity index (χ0n) is 16.8. The van der Waals surface area contributed by atoms with Gasteiger partial charge in [-0.25, -0.2) is 18.6 Å². The van der Waals surface area contributed by atoms with Crippen LogP contribution in [-0.2, 0) is 0 Å². The molecule has 0 aliphatic carbocycles. The normalized spacial score (nSPS) is 18.4. The molecule has 31 heavy (non-hydrogen) atoms. The number of amides is 3. The van der Waals surface area contributed by atoms with E-state index >= 15 is 0 Å². The summed E-state index contributed by atoms with van der Waals surface area (Å²) in [5.74, 6) is -3.88. The lowest BCUT2D eigenvalue weighted by Crippen LogP contribution is -2.50. The summed E-state index contributed by atoms with van der Waals surface area (Å²) in [5.41, 5.74) is 1.08. The Kier molecular flexibility index (Phi) is 5.44. The van der Waals surface area contributed by atoms with Crippen molar-refractivity contribution in [1.82, 2.24) is 15.3 Å². The minimum absolute atomic E-state index is 0.122. The van der Waals surface area contributed by atoms with Gasteiger partial charge in [-0.1, -0.05) is 0 Å². The topological polar surface area (TPSA) is 111 Å². The average molecular weight is 432 g/mol. The van der Waals surface area contributed by atoms with E-state index in [0.717, 1.165) is 13.0 Å². The van der Waals surface area contributed by atoms with Gasteiger partial charge in [-0.3, -0.25) is 14.7 Å². The lowest BCUT2D eigenvalue weighted by molar-refractivity contribution is -0.0336. The molecular formula is C20H22F2N6O3. The van der Waals surface area contributed by atoms with Gasteiger partial charge in [0.1, 0.15) is 11.7 Å². The van der Waals surface area contributed by atoms with Crippen molar-refractivity contribution in [1.29, 1.82) is 0 Å². The van der Waals surface area contributed by atoms with Crippen molar-refractivity contribution in [2.45, 2.75) is 31.4 Å². The first-order valence-corrected chi connectivity index (χ1v) is 9.83. The lowest BCUT2D eigenvalue weighted by Gasteiger charge is -2.35. The minimum Gasteiger partial charge on any atom is -0.394 e. The molecule has 0 saturated carbocycles. The van der Waals surface area contributed by atoms with Crippen LogP contribution in [0.5, 0.6) is 0 Å². The Balaban J connectivity index is 1.63.